The van der Waals surface area contributed by atoms with Crippen molar-refractivity contribution >= 4 is 5.52 Å². The molecule has 0 bridgehead atoms. The highest BCUT2D eigenvalue weighted by Gasteiger charge is 1.85. The van der Waals surface area contributed by atoms with Crippen LogP contribution in [-0.4, -0.2) is 9.61 Å². The van der Waals surface area contributed by atoms with E-state index in [2.05, 4.69) is 46.6 Å². The van der Waals surface area contributed by atoms with E-state index in [9.17, 15) is 0 Å². The predicted octanol–water partition coefficient (Wildman–Crippen LogP) is 5.69. The molecule has 0 atom stereocenters. The molecule has 0 saturated carbocycles. The molecule has 0 N–H and O–H groups in total. The smallest absolute Gasteiger partial charge is 0.0661 e. The number of fused-ring (bicyclic) bond motifs is 1. The zero-order chi connectivity index (χ0) is 15.3. The summed E-state index contributed by atoms with van der Waals surface area (Å²) in [4.78, 5) is 0. The Hall–Kier alpha value is -1.31. The van der Waals surface area contributed by atoms with Gasteiger partial charge in [-0.1, -0.05) is 61.5 Å². The third-order valence-electron chi connectivity index (χ3n) is 1.31. The Labute approximate surface area is 119 Å². The first-order chi connectivity index (χ1) is 8.93. The second-order valence-electron chi connectivity index (χ2n) is 5.37. The van der Waals surface area contributed by atoms with E-state index in [-0.39, 0.29) is 0 Å². The quantitative estimate of drug-likeness (QED) is 0.598. The molecule has 0 unspecified atom stereocenters. The van der Waals surface area contributed by atoms with E-state index in [1.807, 2.05) is 48.8 Å². The fourth-order valence-corrected chi connectivity index (χ4v) is 0.866. The average Bonchev–Trinajstić information content (AvgIpc) is 2.78. The molecule has 0 amide bonds. The van der Waals surface area contributed by atoms with Crippen molar-refractivity contribution in [2.45, 2.75) is 55.4 Å². The molecule has 2 nitrogen and oxygen atoms in total. The molecule has 2 aromatic heterocycles. The van der Waals surface area contributed by atoms with E-state index in [1.165, 1.54) is 0 Å². The highest BCUT2D eigenvalue weighted by Crippen LogP contribution is 1.98. The number of rotatable bonds is 0. The van der Waals surface area contributed by atoms with Crippen molar-refractivity contribution in [3.05, 3.63) is 36.7 Å². The molecule has 0 saturated heterocycles. The Bertz CT molecular complexity index is 347. The van der Waals surface area contributed by atoms with Crippen LogP contribution in [0.5, 0.6) is 0 Å². The standard InChI is InChI=1S/C7H6N2.2C4H10.C2H6/c1-2-6-9-7(3-1)4-5-8-9;2*1-4(2)3;1-2/h1-6H;2*4H,1-3H3;1-2H3. The van der Waals surface area contributed by atoms with Crippen molar-refractivity contribution < 1.29 is 0 Å². The van der Waals surface area contributed by atoms with Gasteiger partial charge in [0.1, 0.15) is 0 Å². The normalized spacial score (nSPS) is 8.95. The largest absolute Gasteiger partial charge is 0.241 e. The van der Waals surface area contributed by atoms with Gasteiger partial charge in [0.05, 0.1) is 5.52 Å². The highest BCUT2D eigenvalue weighted by molar-refractivity contribution is 5.44. The second kappa shape index (κ2) is 13.1. The predicted molar refractivity (Wildman–Crippen MR) is 87.6 cm³/mol. The molecule has 0 aromatic carbocycles. The molecule has 110 valence electrons. The highest BCUT2D eigenvalue weighted by atomic mass is 15.2. The van der Waals surface area contributed by atoms with Gasteiger partial charge in [0.25, 0.3) is 0 Å². The first-order valence-corrected chi connectivity index (χ1v) is 7.31. The van der Waals surface area contributed by atoms with Crippen molar-refractivity contribution in [3.8, 4) is 0 Å². The lowest BCUT2D eigenvalue weighted by atomic mass is 10.3. The maximum absolute atomic E-state index is 4.04. The van der Waals surface area contributed by atoms with E-state index >= 15 is 0 Å². The molecule has 2 aromatic rings. The van der Waals surface area contributed by atoms with Gasteiger partial charge in [-0.25, -0.2) is 4.52 Å². The Balaban J connectivity index is 0. The summed E-state index contributed by atoms with van der Waals surface area (Å²) in [5.74, 6) is 1.67. The summed E-state index contributed by atoms with van der Waals surface area (Å²) in [6.07, 6.45) is 3.71. The van der Waals surface area contributed by atoms with Gasteiger partial charge in [-0.15, -0.1) is 0 Å². The first-order valence-electron chi connectivity index (χ1n) is 7.31. The molecular weight excluding hydrogens is 232 g/mol. The van der Waals surface area contributed by atoms with Crippen molar-refractivity contribution in [1.82, 2.24) is 9.61 Å². The van der Waals surface area contributed by atoms with E-state index in [1.54, 1.807) is 6.20 Å². The zero-order valence-electron chi connectivity index (χ0n) is 14.0. The van der Waals surface area contributed by atoms with Gasteiger partial charge in [-0.2, -0.15) is 5.10 Å². The van der Waals surface area contributed by atoms with E-state index < -0.39 is 0 Å². The third kappa shape index (κ3) is 14.6. The van der Waals surface area contributed by atoms with Gasteiger partial charge in [0.15, 0.2) is 0 Å². The molecule has 0 spiro atoms. The summed E-state index contributed by atoms with van der Waals surface area (Å²) in [5.41, 5.74) is 1.14. The van der Waals surface area contributed by atoms with Crippen molar-refractivity contribution in [2.24, 2.45) is 11.8 Å². The summed E-state index contributed by atoms with van der Waals surface area (Å²) < 4.78 is 1.83. The van der Waals surface area contributed by atoms with Crippen LogP contribution in [0.4, 0.5) is 0 Å². The van der Waals surface area contributed by atoms with Gasteiger partial charge in [0, 0.05) is 12.4 Å². The Morgan fingerprint density at radius 1 is 0.842 bits per heavy atom. The maximum Gasteiger partial charge on any atom is 0.0661 e. The molecular formula is C17H32N2. The molecule has 0 aliphatic carbocycles. The van der Waals surface area contributed by atoms with Crippen LogP contribution in [0.25, 0.3) is 5.52 Å². The van der Waals surface area contributed by atoms with Gasteiger partial charge in [-0.3, -0.25) is 0 Å². The van der Waals surface area contributed by atoms with E-state index in [4.69, 9.17) is 0 Å². The second-order valence-corrected chi connectivity index (χ2v) is 5.37. The van der Waals surface area contributed by atoms with Crippen LogP contribution >= 0.6 is 0 Å². The third-order valence-corrected chi connectivity index (χ3v) is 1.31. The van der Waals surface area contributed by atoms with Crippen molar-refractivity contribution in [3.63, 3.8) is 0 Å². The first kappa shape index (κ1) is 20.0. The summed E-state index contributed by atoms with van der Waals surface area (Å²) in [6.45, 7) is 17.0. The SMILES string of the molecule is CC.CC(C)C.CC(C)C.c1ccn2nccc2c1. The molecule has 0 aliphatic heterocycles. The molecule has 2 rings (SSSR count). The lowest BCUT2D eigenvalue weighted by Crippen LogP contribution is -1.81. The van der Waals surface area contributed by atoms with E-state index in [0.717, 1.165) is 17.4 Å². The van der Waals surface area contributed by atoms with Crippen molar-refractivity contribution in [1.29, 1.82) is 0 Å². The lowest BCUT2D eigenvalue weighted by Gasteiger charge is -1.86. The van der Waals surface area contributed by atoms with Gasteiger partial charge in [-0.05, 0) is 30.0 Å². The average molecular weight is 264 g/mol. The Kier molecular flexibility index (Phi) is 13.8. The number of pyridine rings is 1. The molecule has 19 heavy (non-hydrogen) atoms. The number of hydrogen-bond acceptors (Lipinski definition) is 1. The minimum atomic E-state index is 0.833. The maximum atomic E-state index is 4.04. The fourth-order valence-electron chi connectivity index (χ4n) is 0.866. The van der Waals surface area contributed by atoms with Crippen LogP contribution in [0.2, 0.25) is 0 Å². The minimum absolute atomic E-state index is 0.833. The van der Waals surface area contributed by atoms with Crippen LogP contribution in [0.3, 0.4) is 0 Å². The molecule has 0 fully saturated rings. The van der Waals surface area contributed by atoms with Crippen LogP contribution in [0, 0.1) is 11.8 Å². The molecule has 2 heterocycles. The molecule has 2 heteroatoms. The minimum Gasteiger partial charge on any atom is -0.241 e. The summed E-state index contributed by atoms with van der Waals surface area (Å²) in [5, 5.41) is 4.04. The lowest BCUT2D eigenvalue weighted by molar-refractivity contribution is 0.736. The summed E-state index contributed by atoms with van der Waals surface area (Å²) >= 11 is 0. The topological polar surface area (TPSA) is 17.3 Å². The van der Waals surface area contributed by atoms with Gasteiger partial charge < -0.3 is 0 Å². The van der Waals surface area contributed by atoms with Crippen LogP contribution in [0.1, 0.15) is 55.4 Å². The van der Waals surface area contributed by atoms with Gasteiger partial charge >= 0.3 is 0 Å². The Morgan fingerprint density at radius 2 is 1.32 bits per heavy atom. The van der Waals surface area contributed by atoms with Crippen molar-refractivity contribution in [2.75, 3.05) is 0 Å². The zero-order valence-corrected chi connectivity index (χ0v) is 14.0. The number of nitrogens with zero attached hydrogens (tertiary/aromatic N) is 2. The van der Waals surface area contributed by atoms with Crippen LogP contribution < -0.4 is 0 Å². The summed E-state index contributed by atoms with van der Waals surface area (Å²) in [7, 11) is 0. The number of aromatic nitrogens is 2. The molecule has 0 aliphatic rings. The van der Waals surface area contributed by atoms with Crippen LogP contribution in [0.15, 0.2) is 36.7 Å². The summed E-state index contributed by atoms with van der Waals surface area (Å²) in [6, 6.07) is 7.95. The van der Waals surface area contributed by atoms with Crippen LogP contribution in [-0.2, 0) is 0 Å². The van der Waals surface area contributed by atoms with E-state index in [0.29, 0.717) is 0 Å². The number of hydrogen-bond donors (Lipinski definition) is 0. The fraction of sp³-hybridized carbons (Fsp3) is 0.588. The monoisotopic (exact) mass is 264 g/mol. The van der Waals surface area contributed by atoms with Gasteiger partial charge in [0.2, 0.25) is 0 Å². The Morgan fingerprint density at radius 3 is 1.74 bits per heavy atom. The molecule has 0 radical (unpaired) electrons.